The van der Waals surface area contributed by atoms with Crippen molar-refractivity contribution in [2.45, 2.75) is 20.8 Å². The number of nitrogens with zero attached hydrogens (tertiary/aromatic N) is 5. The second kappa shape index (κ2) is 5.78. The van der Waals surface area contributed by atoms with Crippen molar-refractivity contribution < 1.29 is 0 Å². The number of pyridine rings is 1. The molecule has 0 aliphatic carbocycles. The first-order valence-corrected chi connectivity index (χ1v) is 6.92. The van der Waals surface area contributed by atoms with Gasteiger partial charge < -0.3 is 0 Å². The molecular formula is C17H15N5. The van der Waals surface area contributed by atoms with Crippen molar-refractivity contribution in [1.29, 1.82) is 0 Å². The number of imidazole rings is 1. The van der Waals surface area contributed by atoms with Gasteiger partial charge in [-0.05, 0) is 44.9 Å². The van der Waals surface area contributed by atoms with Crippen LogP contribution in [-0.4, -0.2) is 24.5 Å². The Morgan fingerprint density at radius 2 is 1.73 bits per heavy atom. The minimum absolute atomic E-state index is 0.609. The quantitative estimate of drug-likeness (QED) is 0.645. The molecule has 3 aromatic heterocycles. The molecule has 0 saturated carbocycles. The molecule has 0 radical (unpaired) electrons. The highest BCUT2D eigenvalue weighted by molar-refractivity contribution is 5.40. The minimum atomic E-state index is 0.609. The summed E-state index contributed by atoms with van der Waals surface area (Å²) in [6.07, 6.45) is 5.34. The topological polar surface area (TPSA) is 56.5 Å². The zero-order valence-corrected chi connectivity index (χ0v) is 12.7. The van der Waals surface area contributed by atoms with Crippen LogP contribution in [0.25, 0.3) is 5.95 Å². The monoisotopic (exact) mass is 289 g/mol. The van der Waals surface area contributed by atoms with Gasteiger partial charge in [-0.3, -0.25) is 9.55 Å². The molecule has 0 saturated heterocycles. The van der Waals surface area contributed by atoms with Gasteiger partial charge in [0.25, 0.3) is 0 Å². The van der Waals surface area contributed by atoms with E-state index in [-0.39, 0.29) is 0 Å². The Labute approximate surface area is 129 Å². The molecule has 3 heterocycles. The van der Waals surface area contributed by atoms with Crippen LogP contribution in [0, 0.1) is 32.6 Å². The van der Waals surface area contributed by atoms with Gasteiger partial charge in [-0.15, -0.1) is 0 Å². The van der Waals surface area contributed by atoms with Gasteiger partial charge in [0.1, 0.15) is 11.5 Å². The molecule has 3 aromatic rings. The summed E-state index contributed by atoms with van der Waals surface area (Å²) in [5.74, 6) is 7.58. The lowest BCUT2D eigenvalue weighted by molar-refractivity contribution is 0.871. The zero-order chi connectivity index (χ0) is 15.5. The van der Waals surface area contributed by atoms with Gasteiger partial charge in [-0.2, -0.15) is 0 Å². The molecule has 0 spiro atoms. The van der Waals surface area contributed by atoms with E-state index in [1.165, 1.54) is 0 Å². The Bertz CT molecular complexity index is 883. The van der Waals surface area contributed by atoms with E-state index in [4.69, 9.17) is 0 Å². The summed E-state index contributed by atoms with van der Waals surface area (Å²) in [6.45, 7) is 5.79. The maximum Gasteiger partial charge on any atom is 0.235 e. The van der Waals surface area contributed by atoms with Crippen molar-refractivity contribution in [2.75, 3.05) is 0 Å². The third-order valence-electron chi connectivity index (χ3n) is 3.11. The first-order valence-electron chi connectivity index (χ1n) is 6.92. The number of hydrogen-bond donors (Lipinski definition) is 0. The van der Waals surface area contributed by atoms with Gasteiger partial charge in [-0.1, -0.05) is 5.92 Å². The molecule has 5 heteroatoms. The third-order valence-corrected chi connectivity index (χ3v) is 3.11. The molecule has 22 heavy (non-hydrogen) atoms. The molecule has 0 amide bonds. The summed E-state index contributed by atoms with van der Waals surface area (Å²) >= 11 is 0. The van der Waals surface area contributed by atoms with Crippen LogP contribution in [0.15, 0.2) is 36.8 Å². The Hall–Kier alpha value is -3.00. The summed E-state index contributed by atoms with van der Waals surface area (Å²) in [4.78, 5) is 17.3. The van der Waals surface area contributed by atoms with Crippen LogP contribution in [-0.2, 0) is 0 Å². The molecule has 0 aliphatic rings. The fraction of sp³-hybridized carbons (Fsp3) is 0.176. The van der Waals surface area contributed by atoms with E-state index in [1.54, 1.807) is 12.4 Å². The van der Waals surface area contributed by atoms with Crippen LogP contribution in [0.4, 0.5) is 0 Å². The van der Waals surface area contributed by atoms with Crippen molar-refractivity contribution in [3.8, 4) is 17.8 Å². The van der Waals surface area contributed by atoms with Gasteiger partial charge in [0, 0.05) is 35.5 Å². The van der Waals surface area contributed by atoms with Crippen molar-refractivity contribution >= 4 is 0 Å². The van der Waals surface area contributed by atoms with Gasteiger partial charge in [0.05, 0.1) is 0 Å². The summed E-state index contributed by atoms with van der Waals surface area (Å²) in [7, 11) is 0. The fourth-order valence-corrected chi connectivity index (χ4v) is 2.05. The van der Waals surface area contributed by atoms with Crippen molar-refractivity contribution in [3.63, 3.8) is 0 Å². The van der Waals surface area contributed by atoms with Gasteiger partial charge >= 0.3 is 0 Å². The number of aromatic nitrogens is 5. The molecule has 0 bridgehead atoms. The average Bonchev–Trinajstić information content (AvgIpc) is 2.86. The highest BCUT2D eigenvalue weighted by atomic mass is 15.2. The second-order valence-corrected chi connectivity index (χ2v) is 4.98. The predicted octanol–water partition coefficient (Wildman–Crippen LogP) is 2.38. The minimum Gasteiger partial charge on any atom is -0.271 e. The number of rotatable bonds is 1. The lowest BCUT2D eigenvalue weighted by Crippen LogP contribution is -2.02. The maximum atomic E-state index is 4.45. The lowest BCUT2D eigenvalue weighted by atomic mass is 10.2. The van der Waals surface area contributed by atoms with Crippen molar-refractivity contribution in [2.24, 2.45) is 0 Å². The summed E-state index contributed by atoms with van der Waals surface area (Å²) in [5.41, 5.74) is 3.48. The SMILES string of the molecule is Cc1cc(C#Cc2cn(-c3nccc(C)n3)c(C)n2)ccn1. The summed E-state index contributed by atoms with van der Waals surface area (Å²) in [6, 6.07) is 5.69. The Morgan fingerprint density at radius 3 is 2.50 bits per heavy atom. The Balaban J connectivity index is 1.93. The van der Waals surface area contributed by atoms with Gasteiger partial charge in [-0.25, -0.2) is 15.0 Å². The van der Waals surface area contributed by atoms with Crippen LogP contribution in [0.5, 0.6) is 0 Å². The molecular weight excluding hydrogens is 274 g/mol. The Kier molecular flexibility index (Phi) is 3.67. The van der Waals surface area contributed by atoms with Crippen LogP contribution in [0.3, 0.4) is 0 Å². The predicted molar refractivity (Wildman–Crippen MR) is 83.6 cm³/mol. The second-order valence-electron chi connectivity index (χ2n) is 4.98. The highest BCUT2D eigenvalue weighted by Gasteiger charge is 2.06. The first kappa shape index (κ1) is 14.0. The van der Waals surface area contributed by atoms with Crippen molar-refractivity contribution in [1.82, 2.24) is 24.5 Å². The molecule has 108 valence electrons. The van der Waals surface area contributed by atoms with Crippen molar-refractivity contribution in [3.05, 3.63) is 65.3 Å². The van der Waals surface area contributed by atoms with Crippen LogP contribution < -0.4 is 0 Å². The van der Waals surface area contributed by atoms with Gasteiger partial charge in [0.15, 0.2) is 0 Å². The average molecular weight is 289 g/mol. The van der Waals surface area contributed by atoms with Gasteiger partial charge in [0.2, 0.25) is 5.95 Å². The van der Waals surface area contributed by atoms with Crippen LogP contribution in [0.2, 0.25) is 0 Å². The molecule has 0 unspecified atom stereocenters. The highest BCUT2D eigenvalue weighted by Crippen LogP contribution is 2.08. The maximum absolute atomic E-state index is 4.45. The largest absolute Gasteiger partial charge is 0.271 e. The van der Waals surface area contributed by atoms with Crippen LogP contribution in [0.1, 0.15) is 28.5 Å². The van der Waals surface area contributed by atoms with E-state index in [0.29, 0.717) is 11.6 Å². The van der Waals surface area contributed by atoms with E-state index in [1.807, 2.05) is 49.7 Å². The lowest BCUT2D eigenvalue weighted by Gasteiger charge is -2.02. The standard InChI is InChI=1S/C17H15N5/c1-12-6-8-19-17(20-12)22-11-16(21-14(22)3)5-4-15-7-9-18-13(2)10-15/h6-11H,1-3H3. The smallest absolute Gasteiger partial charge is 0.235 e. The molecule has 0 fully saturated rings. The normalized spacial score (nSPS) is 10.1. The van der Waals surface area contributed by atoms with E-state index in [2.05, 4.69) is 31.8 Å². The zero-order valence-electron chi connectivity index (χ0n) is 12.7. The summed E-state index contributed by atoms with van der Waals surface area (Å²) in [5, 5.41) is 0. The van der Waals surface area contributed by atoms with E-state index in [9.17, 15) is 0 Å². The molecule has 3 rings (SSSR count). The summed E-state index contributed by atoms with van der Waals surface area (Å²) < 4.78 is 1.84. The van der Waals surface area contributed by atoms with Crippen LogP contribution >= 0.6 is 0 Å². The molecule has 0 N–H and O–H groups in total. The molecule has 0 aliphatic heterocycles. The van der Waals surface area contributed by atoms with E-state index >= 15 is 0 Å². The number of hydrogen-bond acceptors (Lipinski definition) is 4. The molecule has 0 aromatic carbocycles. The first-order chi connectivity index (χ1) is 10.6. The van der Waals surface area contributed by atoms with E-state index < -0.39 is 0 Å². The molecule has 0 atom stereocenters. The number of aryl methyl sites for hydroxylation is 3. The Morgan fingerprint density at radius 1 is 0.909 bits per heavy atom. The molecule has 5 nitrogen and oxygen atoms in total. The third kappa shape index (κ3) is 3.01. The fourth-order valence-electron chi connectivity index (χ4n) is 2.05. The van der Waals surface area contributed by atoms with E-state index in [0.717, 1.165) is 22.8 Å².